The lowest BCUT2D eigenvalue weighted by Gasteiger charge is -2.03. The van der Waals surface area contributed by atoms with Crippen molar-refractivity contribution >= 4 is 22.6 Å². The summed E-state index contributed by atoms with van der Waals surface area (Å²) in [6.45, 7) is 3.63. The second-order valence-electron chi connectivity index (χ2n) is 3.58. The molecule has 0 bridgehead atoms. The van der Waals surface area contributed by atoms with E-state index in [1.165, 1.54) is 11.7 Å². The SMILES string of the molecule is C=C(C(=O)OC)c1ccc2c(c1)oc(=O)n2C. The van der Waals surface area contributed by atoms with E-state index in [4.69, 9.17) is 4.42 Å². The normalized spacial score (nSPS) is 10.5. The second-order valence-corrected chi connectivity index (χ2v) is 3.58. The molecule has 1 aromatic carbocycles. The molecule has 0 amide bonds. The van der Waals surface area contributed by atoms with E-state index in [2.05, 4.69) is 11.3 Å². The molecule has 0 saturated heterocycles. The van der Waals surface area contributed by atoms with Crippen LogP contribution in [0, 0.1) is 0 Å². The number of esters is 1. The molecule has 5 nitrogen and oxygen atoms in total. The van der Waals surface area contributed by atoms with E-state index in [9.17, 15) is 9.59 Å². The molecule has 2 aromatic rings. The molecule has 2 rings (SSSR count). The van der Waals surface area contributed by atoms with Crippen LogP contribution in [0.25, 0.3) is 16.7 Å². The average Bonchev–Trinajstić information content (AvgIpc) is 2.62. The number of nitrogens with zero attached hydrogens (tertiary/aromatic N) is 1. The summed E-state index contributed by atoms with van der Waals surface area (Å²) in [6, 6.07) is 4.98. The molecule has 0 aliphatic carbocycles. The molecule has 1 aromatic heterocycles. The molecule has 0 unspecified atom stereocenters. The molecule has 0 spiro atoms. The number of methoxy groups -OCH3 is 1. The first-order valence-corrected chi connectivity index (χ1v) is 4.91. The highest BCUT2D eigenvalue weighted by Gasteiger charge is 2.12. The summed E-state index contributed by atoms with van der Waals surface area (Å²) in [5, 5.41) is 0. The third-order valence-corrected chi connectivity index (χ3v) is 2.57. The van der Waals surface area contributed by atoms with E-state index in [-0.39, 0.29) is 5.57 Å². The summed E-state index contributed by atoms with van der Waals surface area (Å²) in [7, 11) is 2.90. The summed E-state index contributed by atoms with van der Waals surface area (Å²) in [6.07, 6.45) is 0. The van der Waals surface area contributed by atoms with Gasteiger partial charge in [-0.3, -0.25) is 4.57 Å². The van der Waals surface area contributed by atoms with Crippen molar-refractivity contribution in [2.75, 3.05) is 7.11 Å². The fraction of sp³-hybridized carbons (Fsp3) is 0.167. The first kappa shape index (κ1) is 11.2. The van der Waals surface area contributed by atoms with Crippen molar-refractivity contribution in [2.45, 2.75) is 0 Å². The van der Waals surface area contributed by atoms with Gasteiger partial charge in [0.25, 0.3) is 0 Å². The standard InChI is InChI=1S/C12H11NO4/c1-7(11(14)16-3)8-4-5-9-10(6-8)17-12(15)13(9)2/h4-6H,1H2,2-3H3. The first-order valence-electron chi connectivity index (χ1n) is 4.91. The third-order valence-electron chi connectivity index (χ3n) is 2.57. The number of rotatable bonds is 2. The minimum absolute atomic E-state index is 0.223. The van der Waals surface area contributed by atoms with E-state index >= 15 is 0 Å². The lowest BCUT2D eigenvalue weighted by atomic mass is 10.1. The van der Waals surface area contributed by atoms with E-state index < -0.39 is 11.7 Å². The Hall–Kier alpha value is -2.30. The number of hydrogen-bond donors (Lipinski definition) is 0. The van der Waals surface area contributed by atoms with E-state index in [1.54, 1.807) is 25.2 Å². The zero-order valence-electron chi connectivity index (χ0n) is 9.52. The molecule has 0 aliphatic rings. The van der Waals surface area contributed by atoms with Gasteiger partial charge in [-0.1, -0.05) is 12.6 Å². The van der Waals surface area contributed by atoms with Gasteiger partial charge in [0.05, 0.1) is 18.2 Å². The molecular formula is C12H11NO4. The quantitative estimate of drug-likeness (QED) is 0.579. The predicted octanol–water partition coefficient (Wildman–Crippen LogP) is 1.32. The number of hydrogen-bond acceptors (Lipinski definition) is 4. The minimum Gasteiger partial charge on any atom is -0.465 e. The Balaban J connectivity index is 2.56. The number of carbonyl (C=O) groups is 1. The summed E-state index contributed by atoms with van der Waals surface area (Å²) in [4.78, 5) is 22.6. The van der Waals surface area contributed by atoms with Crippen LogP contribution in [0.5, 0.6) is 0 Å². The Kier molecular flexibility index (Phi) is 2.59. The lowest BCUT2D eigenvalue weighted by molar-refractivity contribution is -0.133. The molecule has 0 aliphatic heterocycles. The second kappa shape index (κ2) is 3.93. The smallest absolute Gasteiger partial charge is 0.419 e. The highest BCUT2D eigenvalue weighted by molar-refractivity contribution is 6.16. The zero-order chi connectivity index (χ0) is 12.6. The highest BCUT2D eigenvalue weighted by Crippen LogP contribution is 2.20. The van der Waals surface area contributed by atoms with Gasteiger partial charge in [-0.25, -0.2) is 9.59 Å². The average molecular weight is 233 g/mol. The van der Waals surface area contributed by atoms with Crippen molar-refractivity contribution in [1.82, 2.24) is 4.57 Å². The van der Waals surface area contributed by atoms with Crippen LogP contribution in [-0.4, -0.2) is 17.6 Å². The molecule has 0 atom stereocenters. The number of oxazole rings is 1. The largest absolute Gasteiger partial charge is 0.465 e. The van der Waals surface area contributed by atoms with Gasteiger partial charge in [0.1, 0.15) is 0 Å². The maximum Gasteiger partial charge on any atom is 0.419 e. The summed E-state index contributed by atoms with van der Waals surface area (Å²) in [5.74, 6) is -0.955. The predicted molar refractivity (Wildman–Crippen MR) is 62.5 cm³/mol. The van der Waals surface area contributed by atoms with Crippen LogP contribution >= 0.6 is 0 Å². The minimum atomic E-state index is -0.511. The van der Waals surface area contributed by atoms with Gasteiger partial charge in [-0.2, -0.15) is 0 Å². The number of fused-ring (bicyclic) bond motifs is 1. The summed E-state index contributed by atoms with van der Waals surface area (Å²) in [5.41, 5.74) is 1.87. The van der Waals surface area contributed by atoms with Crippen molar-refractivity contribution in [3.63, 3.8) is 0 Å². The molecule has 0 fully saturated rings. The van der Waals surface area contributed by atoms with Gasteiger partial charge in [0, 0.05) is 7.05 Å². The number of aryl methyl sites for hydroxylation is 1. The summed E-state index contributed by atoms with van der Waals surface area (Å²) < 4.78 is 11.0. The number of benzene rings is 1. The van der Waals surface area contributed by atoms with Gasteiger partial charge in [-0.15, -0.1) is 0 Å². The van der Waals surface area contributed by atoms with Gasteiger partial charge in [0.2, 0.25) is 0 Å². The maximum absolute atomic E-state index is 11.3. The van der Waals surface area contributed by atoms with Gasteiger partial charge in [0.15, 0.2) is 5.58 Å². The van der Waals surface area contributed by atoms with Gasteiger partial charge in [-0.05, 0) is 17.7 Å². The monoisotopic (exact) mass is 233 g/mol. The Morgan fingerprint density at radius 1 is 1.47 bits per heavy atom. The fourth-order valence-corrected chi connectivity index (χ4v) is 1.56. The number of ether oxygens (including phenoxy) is 1. The van der Waals surface area contributed by atoms with Crippen molar-refractivity contribution in [3.8, 4) is 0 Å². The van der Waals surface area contributed by atoms with Crippen molar-refractivity contribution in [3.05, 3.63) is 40.9 Å². The summed E-state index contributed by atoms with van der Waals surface area (Å²) >= 11 is 0. The molecule has 88 valence electrons. The number of aromatic nitrogens is 1. The van der Waals surface area contributed by atoms with Crippen molar-refractivity contribution < 1.29 is 13.9 Å². The molecule has 0 saturated carbocycles. The molecule has 17 heavy (non-hydrogen) atoms. The van der Waals surface area contributed by atoms with Crippen LogP contribution < -0.4 is 5.76 Å². The molecule has 0 radical (unpaired) electrons. The fourth-order valence-electron chi connectivity index (χ4n) is 1.56. The molecule has 5 heteroatoms. The Bertz CT molecular complexity index is 663. The van der Waals surface area contributed by atoms with Crippen molar-refractivity contribution in [1.29, 1.82) is 0 Å². The van der Waals surface area contributed by atoms with Crippen LogP contribution in [0.15, 0.2) is 34.0 Å². The topological polar surface area (TPSA) is 61.4 Å². The van der Waals surface area contributed by atoms with Crippen LogP contribution in [0.4, 0.5) is 0 Å². The van der Waals surface area contributed by atoms with Crippen LogP contribution in [-0.2, 0) is 16.6 Å². The molecular weight excluding hydrogens is 222 g/mol. The van der Waals surface area contributed by atoms with Crippen molar-refractivity contribution in [2.24, 2.45) is 7.05 Å². The molecule has 1 heterocycles. The maximum atomic E-state index is 11.3. The molecule has 0 N–H and O–H groups in total. The van der Waals surface area contributed by atoms with E-state index in [0.717, 1.165) is 0 Å². The zero-order valence-corrected chi connectivity index (χ0v) is 9.52. The Morgan fingerprint density at radius 3 is 2.82 bits per heavy atom. The Morgan fingerprint density at radius 2 is 2.18 bits per heavy atom. The lowest BCUT2D eigenvalue weighted by Crippen LogP contribution is -2.08. The van der Waals surface area contributed by atoms with Crippen LogP contribution in [0.3, 0.4) is 0 Å². The third kappa shape index (κ3) is 1.75. The van der Waals surface area contributed by atoms with Gasteiger partial charge < -0.3 is 9.15 Å². The number of carbonyl (C=O) groups excluding carboxylic acids is 1. The first-order chi connectivity index (χ1) is 8.04. The Labute approximate surface area is 96.9 Å². The van der Waals surface area contributed by atoms with Gasteiger partial charge >= 0.3 is 11.7 Å². The van der Waals surface area contributed by atoms with E-state index in [1.807, 2.05) is 0 Å². The van der Waals surface area contributed by atoms with Crippen LogP contribution in [0.2, 0.25) is 0 Å². The van der Waals surface area contributed by atoms with Crippen LogP contribution in [0.1, 0.15) is 5.56 Å². The highest BCUT2D eigenvalue weighted by atomic mass is 16.5. The van der Waals surface area contributed by atoms with E-state index in [0.29, 0.717) is 16.7 Å².